The summed E-state index contributed by atoms with van der Waals surface area (Å²) in [5, 5.41) is 4.04. The number of primary amides is 1. The monoisotopic (exact) mass is 216 g/mol. The van der Waals surface area contributed by atoms with Gasteiger partial charge in [-0.1, -0.05) is 12.1 Å². The van der Waals surface area contributed by atoms with E-state index in [4.69, 9.17) is 11.5 Å². The minimum atomic E-state index is -0.573. The fourth-order valence-corrected chi connectivity index (χ4v) is 1.51. The lowest BCUT2D eigenvalue weighted by Gasteiger charge is -2.05. The maximum Gasteiger partial charge on any atom is 0.254 e. The summed E-state index contributed by atoms with van der Waals surface area (Å²) in [4.78, 5) is 11.0. The lowest BCUT2D eigenvalue weighted by molar-refractivity contribution is 0.100. The molecule has 0 fully saturated rings. The Morgan fingerprint density at radius 3 is 2.75 bits per heavy atom. The Morgan fingerprint density at radius 2 is 2.19 bits per heavy atom. The Hall–Kier alpha value is -2.30. The van der Waals surface area contributed by atoms with E-state index in [0.717, 1.165) is 11.3 Å². The van der Waals surface area contributed by atoms with Crippen LogP contribution in [0.1, 0.15) is 15.9 Å². The van der Waals surface area contributed by atoms with Crippen molar-refractivity contribution < 1.29 is 4.79 Å². The molecule has 2 rings (SSSR count). The number of anilines is 1. The first-order valence-electron chi connectivity index (χ1n) is 4.80. The fourth-order valence-electron chi connectivity index (χ4n) is 1.51. The van der Waals surface area contributed by atoms with Crippen LogP contribution >= 0.6 is 0 Å². The van der Waals surface area contributed by atoms with Crippen molar-refractivity contribution >= 4 is 11.7 Å². The smallest absolute Gasteiger partial charge is 0.254 e. The van der Waals surface area contributed by atoms with Crippen LogP contribution in [0, 0.1) is 6.92 Å². The number of rotatable bonds is 2. The minimum absolute atomic E-state index is 0.238. The van der Waals surface area contributed by atoms with Gasteiger partial charge in [-0.15, -0.1) is 0 Å². The molecule has 0 aliphatic heterocycles. The number of benzene rings is 1. The summed E-state index contributed by atoms with van der Waals surface area (Å²) in [6.45, 7) is 1.97. The molecular formula is C11H12N4O. The number of amides is 1. The molecule has 0 spiro atoms. The number of carbonyl (C=O) groups is 1. The Morgan fingerprint density at radius 1 is 1.44 bits per heavy atom. The molecule has 5 heteroatoms. The highest BCUT2D eigenvalue weighted by Crippen LogP contribution is 2.17. The third-order valence-electron chi connectivity index (χ3n) is 2.32. The number of aryl methyl sites for hydroxylation is 1. The van der Waals surface area contributed by atoms with Crippen molar-refractivity contribution in [3.8, 4) is 5.69 Å². The highest BCUT2D eigenvalue weighted by molar-refractivity contribution is 5.97. The van der Waals surface area contributed by atoms with E-state index in [2.05, 4.69) is 5.10 Å². The normalized spacial score (nSPS) is 10.3. The lowest BCUT2D eigenvalue weighted by Crippen LogP contribution is -2.13. The van der Waals surface area contributed by atoms with Gasteiger partial charge >= 0.3 is 0 Å². The van der Waals surface area contributed by atoms with E-state index in [9.17, 15) is 4.79 Å². The van der Waals surface area contributed by atoms with E-state index in [-0.39, 0.29) is 11.4 Å². The molecule has 2 aromatic rings. The highest BCUT2D eigenvalue weighted by Gasteiger charge is 2.12. The molecule has 0 saturated carbocycles. The maximum absolute atomic E-state index is 11.0. The van der Waals surface area contributed by atoms with E-state index in [1.54, 1.807) is 0 Å². The van der Waals surface area contributed by atoms with E-state index in [0.29, 0.717) is 0 Å². The first kappa shape index (κ1) is 10.2. The molecule has 0 bridgehead atoms. The summed E-state index contributed by atoms with van der Waals surface area (Å²) in [5.74, 6) is -0.311. The molecule has 1 aromatic carbocycles. The van der Waals surface area contributed by atoms with Crippen molar-refractivity contribution in [3.63, 3.8) is 0 Å². The van der Waals surface area contributed by atoms with Gasteiger partial charge in [-0.2, -0.15) is 5.10 Å². The van der Waals surface area contributed by atoms with Crippen molar-refractivity contribution in [1.82, 2.24) is 9.78 Å². The van der Waals surface area contributed by atoms with Gasteiger partial charge in [0.1, 0.15) is 11.4 Å². The summed E-state index contributed by atoms with van der Waals surface area (Å²) in [6.07, 6.45) is 1.38. The highest BCUT2D eigenvalue weighted by atomic mass is 16.1. The molecule has 0 saturated heterocycles. The van der Waals surface area contributed by atoms with Crippen molar-refractivity contribution in [3.05, 3.63) is 41.6 Å². The van der Waals surface area contributed by atoms with Crippen molar-refractivity contribution in [1.29, 1.82) is 0 Å². The number of nitrogens with zero attached hydrogens (tertiary/aromatic N) is 2. The second-order valence-corrected chi connectivity index (χ2v) is 3.56. The van der Waals surface area contributed by atoms with Crippen LogP contribution in [0.25, 0.3) is 5.69 Å². The van der Waals surface area contributed by atoms with E-state index < -0.39 is 5.91 Å². The lowest BCUT2D eigenvalue weighted by atomic mass is 10.2. The van der Waals surface area contributed by atoms with Crippen LogP contribution < -0.4 is 11.5 Å². The number of aromatic nitrogens is 2. The minimum Gasteiger partial charge on any atom is -0.383 e. The Kier molecular flexibility index (Phi) is 2.36. The Bertz CT molecular complexity index is 545. The number of hydrogen-bond acceptors (Lipinski definition) is 3. The molecular weight excluding hydrogens is 204 g/mol. The van der Waals surface area contributed by atoms with Gasteiger partial charge < -0.3 is 11.5 Å². The zero-order chi connectivity index (χ0) is 11.7. The molecule has 0 aliphatic rings. The molecule has 1 aromatic heterocycles. The number of hydrogen-bond donors (Lipinski definition) is 2. The second kappa shape index (κ2) is 3.69. The maximum atomic E-state index is 11.0. The molecule has 1 amide bonds. The first-order chi connectivity index (χ1) is 7.59. The van der Waals surface area contributed by atoms with Crippen molar-refractivity contribution in [2.24, 2.45) is 5.73 Å². The predicted octanol–water partition coefficient (Wildman–Crippen LogP) is 0.862. The van der Waals surface area contributed by atoms with Crippen LogP contribution in [0.5, 0.6) is 0 Å². The van der Waals surface area contributed by atoms with Gasteiger partial charge in [-0.3, -0.25) is 4.79 Å². The largest absolute Gasteiger partial charge is 0.383 e. The molecule has 0 aliphatic carbocycles. The van der Waals surface area contributed by atoms with Crippen LogP contribution in [0.15, 0.2) is 30.5 Å². The van der Waals surface area contributed by atoms with Gasteiger partial charge in [-0.25, -0.2) is 4.68 Å². The summed E-state index contributed by atoms with van der Waals surface area (Å²) in [7, 11) is 0. The standard InChI is InChI=1S/C11H12N4O/c1-7-3-2-4-8(5-7)15-10(12)9(6-14-15)11(13)16/h2-6H,12H2,1H3,(H2,13,16). The van der Waals surface area contributed by atoms with Crippen molar-refractivity contribution in [2.45, 2.75) is 6.92 Å². The zero-order valence-electron chi connectivity index (χ0n) is 8.84. The predicted molar refractivity (Wildman–Crippen MR) is 61.2 cm³/mol. The van der Waals surface area contributed by atoms with Gasteiger partial charge in [0.2, 0.25) is 0 Å². The second-order valence-electron chi connectivity index (χ2n) is 3.56. The SMILES string of the molecule is Cc1cccc(-n2ncc(C(N)=O)c2N)c1. The van der Waals surface area contributed by atoms with E-state index in [1.165, 1.54) is 10.9 Å². The van der Waals surface area contributed by atoms with Gasteiger partial charge in [0.15, 0.2) is 0 Å². The third-order valence-corrected chi connectivity index (χ3v) is 2.32. The number of nitrogens with two attached hydrogens (primary N) is 2. The summed E-state index contributed by atoms with van der Waals surface area (Å²) < 4.78 is 1.49. The van der Waals surface area contributed by atoms with Gasteiger partial charge in [0.05, 0.1) is 11.9 Å². The summed E-state index contributed by atoms with van der Waals surface area (Å²) in [6, 6.07) is 7.66. The molecule has 0 radical (unpaired) electrons. The Balaban J connectivity index is 2.53. The van der Waals surface area contributed by atoms with E-state index >= 15 is 0 Å². The fraction of sp³-hybridized carbons (Fsp3) is 0.0909. The first-order valence-corrected chi connectivity index (χ1v) is 4.80. The number of nitrogen functional groups attached to an aromatic ring is 1. The molecule has 0 unspecified atom stereocenters. The Labute approximate surface area is 92.7 Å². The molecule has 4 N–H and O–H groups in total. The molecule has 16 heavy (non-hydrogen) atoms. The van der Waals surface area contributed by atoms with Crippen LogP contribution in [-0.2, 0) is 0 Å². The zero-order valence-corrected chi connectivity index (χ0v) is 8.84. The van der Waals surface area contributed by atoms with Gasteiger partial charge in [0, 0.05) is 0 Å². The van der Waals surface area contributed by atoms with Crippen LogP contribution in [0.2, 0.25) is 0 Å². The van der Waals surface area contributed by atoms with Crippen LogP contribution in [-0.4, -0.2) is 15.7 Å². The summed E-state index contributed by atoms with van der Waals surface area (Å²) >= 11 is 0. The van der Waals surface area contributed by atoms with Crippen LogP contribution in [0.4, 0.5) is 5.82 Å². The molecule has 5 nitrogen and oxygen atoms in total. The topological polar surface area (TPSA) is 86.9 Å². The average Bonchev–Trinajstić information content (AvgIpc) is 2.60. The number of carbonyl (C=O) groups excluding carboxylic acids is 1. The van der Waals surface area contributed by atoms with Crippen molar-refractivity contribution in [2.75, 3.05) is 5.73 Å². The van der Waals surface area contributed by atoms with Gasteiger partial charge in [-0.05, 0) is 24.6 Å². The molecule has 1 heterocycles. The average molecular weight is 216 g/mol. The quantitative estimate of drug-likeness (QED) is 0.780. The van der Waals surface area contributed by atoms with E-state index in [1.807, 2.05) is 31.2 Å². The summed E-state index contributed by atoms with van der Waals surface area (Å²) in [5.41, 5.74) is 13.1. The van der Waals surface area contributed by atoms with Gasteiger partial charge in [0.25, 0.3) is 5.91 Å². The third kappa shape index (κ3) is 1.63. The van der Waals surface area contributed by atoms with Crippen LogP contribution in [0.3, 0.4) is 0 Å². The molecule has 82 valence electrons. The molecule has 0 atom stereocenters.